The molecular formula is C19H32BrN5O3. The number of ether oxygens (including phenoxy) is 3. The minimum atomic E-state index is 0. The van der Waals surface area contributed by atoms with Gasteiger partial charge >= 0.3 is 0 Å². The van der Waals surface area contributed by atoms with Crippen LogP contribution in [0.4, 0.5) is 5.82 Å². The van der Waals surface area contributed by atoms with Gasteiger partial charge in [0.15, 0.2) is 5.96 Å². The molecule has 28 heavy (non-hydrogen) atoms. The van der Waals surface area contributed by atoms with Gasteiger partial charge in [-0.05, 0) is 12.1 Å². The maximum absolute atomic E-state index is 5.58. The molecule has 0 unspecified atom stereocenters. The van der Waals surface area contributed by atoms with Crippen molar-refractivity contribution in [3.63, 3.8) is 0 Å². The van der Waals surface area contributed by atoms with Gasteiger partial charge in [-0.3, -0.25) is 4.99 Å². The van der Waals surface area contributed by atoms with Crippen molar-refractivity contribution in [2.45, 2.75) is 0 Å². The Morgan fingerprint density at radius 1 is 1.21 bits per heavy atom. The Balaban J connectivity index is 0.00000280. The highest BCUT2D eigenvalue weighted by atomic mass is 79.9. The van der Waals surface area contributed by atoms with Crippen molar-refractivity contribution in [3.05, 3.63) is 24.4 Å². The smallest absolute Gasteiger partial charge is 0.194 e. The standard InChI is InChI=1S/C19H31N5O3.BrH/c1-25-11-6-21-19(22-14-17-15-26-12-13-27-16-17)24-9-7-23(8-10-24)18-4-2-3-5-20-18;/h2-5,17H,6-16H2,1H3,(H,21,22);1H. The molecule has 0 radical (unpaired) electrons. The van der Waals surface area contributed by atoms with Crippen LogP contribution in [0.5, 0.6) is 0 Å². The lowest BCUT2D eigenvalue weighted by atomic mass is 10.2. The molecule has 0 aromatic carbocycles. The van der Waals surface area contributed by atoms with E-state index in [1.807, 2.05) is 18.3 Å². The van der Waals surface area contributed by atoms with Crippen molar-refractivity contribution >= 4 is 28.8 Å². The molecule has 0 spiro atoms. The van der Waals surface area contributed by atoms with Crippen molar-refractivity contribution in [3.8, 4) is 0 Å². The van der Waals surface area contributed by atoms with Crippen LogP contribution < -0.4 is 10.2 Å². The Hall–Kier alpha value is -1.42. The summed E-state index contributed by atoms with van der Waals surface area (Å²) in [5, 5.41) is 3.44. The van der Waals surface area contributed by atoms with Crippen LogP contribution in [0.15, 0.2) is 29.4 Å². The predicted octanol–water partition coefficient (Wildman–Crippen LogP) is 1.04. The Kier molecular flexibility index (Phi) is 10.6. The van der Waals surface area contributed by atoms with Crippen LogP contribution >= 0.6 is 17.0 Å². The molecule has 0 atom stereocenters. The highest BCUT2D eigenvalue weighted by molar-refractivity contribution is 8.93. The zero-order valence-electron chi connectivity index (χ0n) is 16.6. The van der Waals surface area contributed by atoms with Crippen molar-refractivity contribution in [1.82, 2.24) is 15.2 Å². The molecule has 2 aliphatic heterocycles. The van der Waals surface area contributed by atoms with E-state index in [9.17, 15) is 0 Å². The van der Waals surface area contributed by atoms with Gasteiger partial charge in [-0.2, -0.15) is 0 Å². The molecule has 1 aromatic rings. The van der Waals surface area contributed by atoms with E-state index in [1.54, 1.807) is 7.11 Å². The fourth-order valence-electron chi connectivity index (χ4n) is 3.21. The molecular weight excluding hydrogens is 426 g/mol. The summed E-state index contributed by atoms with van der Waals surface area (Å²) in [6.07, 6.45) is 1.85. The normalized spacial score (nSPS) is 19.1. The molecule has 9 heteroatoms. The zero-order valence-corrected chi connectivity index (χ0v) is 18.3. The van der Waals surface area contributed by atoms with Crippen LogP contribution in [0.1, 0.15) is 0 Å². The second-order valence-corrected chi connectivity index (χ2v) is 6.76. The highest BCUT2D eigenvalue weighted by Gasteiger charge is 2.21. The Morgan fingerprint density at radius 3 is 2.61 bits per heavy atom. The largest absolute Gasteiger partial charge is 0.383 e. The lowest BCUT2D eigenvalue weighted by Crippen LogP contribution is -2.53. The minimum absolute atomic E-state index is 0. The van der Waals surface area contributed by atoms with Crippen LogP contribution in [0.3, 0.4) is 0 Å². The van der Waals surface area contributed by atoms with Gasteiger partial charge in [-0.25, -0.2) is 4.98 Å². The van der Waals surface area contributed by atoms with E-state index in [0.717, 1.165) is 44.5 Å². The Bertz CT molecular complexity index is 562. The first kappa shape index (κ1) is 22.9. The van der Waals surface area contributed by atoms with Crippen molar-refractivity contribution in [2.75, 3.05) is 84.3 Å². The average molecular weight is 458 g/mol. The van der Waals surface area contributed by atoms with Crippen LogP contribution in [0.25, 0.3) is 0 Å². The van der Waals surface area contributed by atoms with Gasteiger partial charge in [0.05, 0.1) is 33.0 Å². The number of aliphatic imine (C=N–C) groups is 1. The SMILES string of the molecule is Br.COCCNC(=NCC1COCCOC1)N1CCN(c2ccccn2)CC1. The quantitative estimate of drug-likeness (QED) is 0.388. The molecule has 2 aliphatic rings. The number of nitrogens with zero attached hydrogens (tertiary/aromatic N) is 4. The summed E-state index contributed by atoms with van der Waals surface area (Å²) in [5.41, 5.74) is 0. The maximum Gasteiger partial charge on any atom is 0.194 e. The summed E-state index contributed by atoms with van der Waals surface area (Å²) in [6.45, 7) is 8.55. The molecule has 0 bridgehead atoms. The van der Waals surface area contributed by atoms with Gasteiger partial charge in [0.25, 0.3) is 0 Å². The second-order valence-electron chi connectivity index (χ2n) is 6.76. The van der Waals surface area contributed by atoms with Gasteiger partial charge < -0.3 is 29.3 Å². The highest BCUT2D eigenvalue weighted by Crippen LogP contribution is 2.13. The van der Waals surface area contributed by atoms with E-state index in [4.69, 9.17) is 19.2 Å². The topological polar surface area (TPSA) is 71.5 Å². The average Bonchev–Trinajstić information content (AvgIpc) is 3.00. The third-order valence-corrected chi connectivity index (χ3v) is 4.72. The summed E-state index contributed by atoms with van der Waals surface area (Å²) in [4.78, 5) is 13.9. The van der Waals surface area contributed by atoms with Crippen molar-refractivity contribution < 1.29 is 14.2 Å². The first-order chi connectivity index (χ1) is 13.4. The molecule has 3 rings (SSSR count). The molecule has 1 N–H and O–H groups in total. The molecule has 2 fully saturated rings. The number of aromatic nitrogens is 1. The molecule has 0 aliphatic carbocycles. The van der Waals surface area contributed by atoms with Gasteiger partial charge in [-0.1, -0.05) is 6.07 Å². The fourth-order valence-corrected chi connectivity index (χ4v) is 3.21. The van der Waals surface area contributed by atoms with Crippen molar-refractivity contribution in [1.29, 1.82) is 0 Å². The van der Waals surface area contributed by atoms with Crippen LogP contribution in [0, 0.1) is 5.92 Å². The number of hydrogen-bond donors (Lipinski definition) is 1. The lowest BCUT2D eigenvalue weighted by molar-refractivity contribution is 0.103. The molecule has 8 nitrogen and oxygen atoms in total. The number of anilines is 1. The van der Waals surface area contributed by atoms with Gasteiger partial charge in [0.2, 0.25) is 0 Å². The van der Waals surface area contributed by atoms with E-state index in [-0.39, 0.29) is 17.0 Å². The van der Waals surface area contributed by atoms with E-state index in [1.165, 1.54) is 0 Å². The first-order valence-electron chi connectivity index (χ1n) is 9.70. The summed E-state index contributed by atoms with van der Waals surface area (Å²) in [7, 11) is 1.71. The van der Waals surface area contributed by atoms with E-state index >= 15 is 0 Å². The molecule has 0 saturated carbocycles. The Morgan fingerprint density at radius 2 is 1.96 bits per heavy atom. The lowest BCUT2D eigenvalue weighted by Gasteiger charge is -2.37. The summed E-state index contributed by atoms with van der Waals surface area (Å²) in [6, 6.07) is 6.05. The second kappa shape index (κ2) is 12.9. The van der Waals surface area contributed by atoms with E-state index < -0.39 is 0 Å². The number of piperazine rings is 1. The number of methoxy groups -OCH3 is 1. The van der Waals surface area contributed by atoms with Gasteiger partial charge in [0.1, 0.15) is 5.82 Å². The summed E-state index contributed by atoms with van der Waals surface area (Å²) >= 11 is 0. The first-order valence-corrected chi connectivity index (χ1v) is 9.70. The minimum Gasteiger partial charge on any atom is -0.383 e. The predicted molar refractivity (Wildman–Crippen MR) is 116 cm³/mol. The van der Waals surface area contributed by atoms with Crippen molar-refractivity contribution in [2.24, 2.45) is 10.9 Å². The number of rotatable bonds is 6. The molecule has 158 valence electrons. The molecule has 0 amide bonds. The summed E-state index contributed by atoms with van der Waals surface area (Å²) in [5.74, 6) is 2.29. The van der Waals surface area contributed by atoms with Gasteiger partial charge in [-0.15, -0.1) is 17.0 Å². The Labute approximate surface area is 178 Å². The molecule has 3 heterocycles. The van der Waals surface area contributed by atoms with Crippen LogP contribution in [-0.4, -0.2) is 95.3 Å². The van der Waals surface area contributed by atoms with Gasteiger partial charge in [0, 0.05) is 58.5 Å². The van der Waals surface area contributed by atoms with E-state index in [0.29, 0.717) is 45.5 Å². The fraction of sp³-hybridized carbons (Fsp3) is 0.684. The monoisotopic (exact) mass is 457 g/mol. The van der Waals surface area contributed by atoms with Crippen LogP contribution in [0.2, 0.25) is 0 Å². The van der Waals surface area contributed by atoms with E-state index in [2.05, 4.69) is 26.2 Å². The third-order valence-electron chi connectivity index (χ3n) is 4.72. The number of guanidine groups is 1. The molecule has 2 saturated heterocycles. The maximum atomic E-state index is 5.58. The molecule has 1 aromatic heterocycles. The zero-order chi connectivity index (χ0) is 18.7. The number of pyridine rings is 1. The summed E-state index contributed by atoms with van der Waals surface area (Å²) < 4.78 is 16.3. The number of halogens is 1. The third kappa shape index (κ3) is 7.20. The number of hydrogen-bond acceptors (Lipinski definition) is 6. The number of nitrogens with one attached hydrogen (secondary N) is 1. The van der Waals surface area contributed by atoms with Crippen LogP contribution in [-0.2, 0) is 14.2 Å².